The molecule has 3 heteroatoms. The molecule has 1 heterocycles. The van der Waals surface area contributed by atoms with Gasteiger partial charge in [-0.05, 0) is 50.9 Å². The van der Waals surface area contributed by atoms with Gasteiger partial charge in [0.05, 0.1) is 0 Å². The second-order valence-electron chi connectivity index (χ2n) is 6.21. The number of nitrogens with one attached hydrogen (secondary N) is 1. The third-order valence-electron chi connectivity index (χ3n) is 3.94. The van der Waals surface area contributed by atoms with Crippen molar-refractivity contribution in [2.45, 2.75) is 51.7 Å². The van der Waals surface area contributed by atoms with Crippen LogP contribution in [0, 0.1) is 11.7 Å². The molecule has 0 spiro atoms. The molecule has 0 saturated carbocycles. The van der Waals surface area contributed by atoms with Crippen molar-refractivity contribution in [3.05, 3.63) is 29.6 Å². The Morgan fingerprint density at radius 1 is 1.47 bits per heavy atom. The zero-order valence-electron chi connectivity index (χ0n) is 12.3. The first-order valence-electron chi connectivity index (χ1n) is 7.09. The summed E-state index contributed by atoms with van der Waals surface area (Å²) in [6.45, 7) is 6.61. The molecule has 19 heavy (non-hydrogen) atoms. The number of rotatable bonds is 4. The summed E-state index contributed by atoms with van der Waals surface area (Å²) in [4.78, 5) is 0. The number of fused-ring (bicyclic) bond motifs is 1. The van der Waals surface area contributed by atoms with Gasteiger partial charge in [0.1, 0.15) is 17.2 Å². The first-order chi connectivity index (χ1) is 8.93. The van der Waals surface area contributed by atoms with Crippen molar-refractivity contribution in [3.8, 4) is 5.75 Å². The Kier molecular flexibility index (Phi) is 4.14. The zero-order chi connectivity index (χ0) is 14.0. The van der Waals surface area contributed by atoms with Crippen molar-refractivity contribution in [1.29, 1.82) is 0 Å². The van der Waals surface area contributed by atoms with Crippen LogP contribution in [0.1, 0.15) is 51.6 Å². The van der Waals surface area contributed by atoms with Gasteiger partial charge >= 0.3 is 0 Å². The summed E-state index contributed by atoms with van der Waals surface area (Å²) in [6.07, 6.45) is 3.05. The van der Waals surface area contributed by atoms with Crippen LogP contribution >= 0.6 is 0 Å². The lowest BCUT2D eigenvalue weighted by Crippen LogP contribution is -2.41. The minimum absolute atomic E-state index is 0.164. The molecule has 2 nitrogen and oxygen atoms in total. The van der Waals surface area contributed by atoms with Crippen molar-refractivity contribution in [1.82, 2.24) is 5.32 Å². The number of halogens is 1. The highest BCUT2D eigenvalue weighted by Gasteiger charge is 2.36. The van der Waals surface area contributed by atoms with E-state index in [0.29, 0.717) is 5.92 Å². The van der Waals surface area contributed by atoms with Gasteiger partial charge in [-0.25, -0.2) is 4.39 Å². The van der Waals surface area contributed by atoms with E-state index in [2.05, 4.69) is 26.1 Å². The number of hydrogen-bond donors (Lipinski definition) is 1. The minimum atomic E-state index is -0.201. The average molecular weight is 265 g/mol. The summed E-state index contributed by atoms with van der Waals surface area (Å²) in [5.41, 5.74) is 0.771. The summed E-state index contributed by atoms with van der Waals surface area (Å²) in [5, 5.41) is 3.28. The van der Waals surface area contributed by atoms with Gasteiger partial charge < -0.3 is 10.1 Å². The molecule has 0 aliphatic carbocycles. The Balaban J connectivity index is 2.23. The molecule has 2 rings (SSSR count). The predicted octanol–water partition coefficient (Wildman–Crippen LogP) is 4.06. The molecule has 0 saturated heterocycles. The van der Waals surface area contributed by atoms with E-state index in [4.69, 9.17) is 4.74 Å². The van der Waals surface area contributed by atoms with Crippen LogP contribution in [0.3, 0.4) is 0 Å². The minimum Gasteiger partial charge on any atom is -0.487 e. The number of ether oxygens (including phenoxy) is 1. The van der Waals surface area contributed by atoms with Crippen molar-refractivity contribution < 1.29 is 9.13 Å². The van der Waals surface area contributed by atoms with Crippen LogP contribution in [0.4, 0.5) is 4.39 Å². The van der Waals surface area contributed by atoms with E-state index in [-0.39, 0.29) is 17.5 Å². The first kappa shape index (κ1) is 14.3. The number of benzene rings is 1. The third kappa shape index (κ3) is 3.27. The fraction of sp³-hybridized carbons (Fsp3) is 0.625. The zero-order valence-corrected chi connectivity index (χ0v) is 12.3. The third-order valence-corrected chi connectivity index (χ3v) is 3.94. The normalized spacial score (nSPS) is 26.1. The summed E-state index contributed by atoms with van der Waals surface area (Å²) in [6, 6.07) is 4.97. The highest BCUT2D eigenvalue weighted by Crippen LogP contribution is 2.41. The molecule has 0 fully saturated rings. The van der Waals surface area contributed by atoms with Crippen LogP contribution in [0.2, 0.25) is 0 Å². The molecule has 1 aliphatic rings. The fourth-order valence-corrected chi connectivity index (χ4v) is 2.74. The van der Waals surface area contributed by atoms with E-state index in [1.165, 1.54) is 6.07 Å². The van der Waals surface area contributed by atoms with E-state index in [1.54, 1.807) is 12.1 Å². The molecule has 0 bridgehead atoms. The molecule has 1 aromatic carbocycles. The smallest absolute Gasteiger partial charge is 0.125 e. The maximum absolute atomic E-state index is 13.4. The molecule has 1 aromatic rings. The van der Waals surface area contributed by atoms with Gasteiger partial charge in [0.15, 0.2) is 0 Å². The van der Waals surface area contributed by atoms with E-state index in [1.807, 2.05) is 7.05 Å². The van der Waals surface area contributed by atoms with Crippen molar-refractivity contribution in [2.75, 3.05) is 7.05 Å². The number of hydrogen-bond acceptors (Lipinski definition) is 2. The molecular formula is C16H24FNO. The highest BCUT2D eigenvalue weighted by atomic mass is 19.1. The molecule has 0 amide bonds. The summed E-state index contributed by atoms with van der Waals surface area (Å²) < 4.78 is 19.5. The van der Waals surface area contributed by atoms with E-state index in [9.17, 15) is 4.39 Å². The molecule has 2 atom stereocenters. The Labute approximate surface area is 115 Å². The van der Waals surface area contributed by atoms with Gasteiger partial charge in [0.25, 0.3) is 0 Å². The lowest BCUT2D eigenvalue weighted by molar-refractivity contribution is 0.0358. The van der Waals surface area contributed by atoms with Crippen LogP contribution < -0.4 is 10.1 Å². The van der Waals surface area contributed by atoms with E-state index < -0.39 is 0 Å². The van der Waals surface area contributed by atoms with Gasteiger partial charge in [-0.1, -0.05) is 13.8 Å². The van der Waals surface area contributed by atoms with Crippen molar-refractivity contribution >= 4 is 0 Å². The van der Waals surface area contributed by atoms with Gasteiger partial charge in [0, 0.05) is 18.0 Å². The topological polar surface area (TPSA) is 21.3 Å². The molecule has 0 aromatic heterocycles. The Morgan fingerprint density at radius 2 is 2.21 bits per heavy atom. The highest BCUT2D eigenvalue weighted by molar-refractivity contribution is 5.39. The van der Waals surface area contributed by atoms with Crippen molar-refractivity contribution in [3.63, 3.8) is 0 Å². The van der Waals surface area contributed by atoms with Gasteiger partial charge in [-0.2, -0.15) is 0 Å². The van der Waals surface area contributed by atoms with E-state index in [0.717, 1.165) is 30.6 Å². The maximum Gasteiger partial charge on any atom is 0.125 e. The monoisotopic (exact) mass is 265 g/mol. The van der Waals surface area contributed by atoms with Crippen LogP contribution in [0.5, 0.6) is 5.75 Å². The fourth-order valence-electron chi connectivity index (χ4n) is 2.74. The second kappa shape index (κ2) is 5.49. The SMILES string of the molecule is CNC1CC(C)(CCC(C)C)Oc2ccc(F)cc21. The molecule has 0 radical (unpaired) electrons. The summed E-state index contributed by atoms with van der Waals surface area (Å²) in [5.74, 6) is 1.29. The maximum atomic E-state index is 13.4. The lowest BCUT2D eigenvalue weighted by atomic mass is 9.84. The summed E-state index contributed by atoms with van der Waals surface area (Å²) in [7, 11) is 1.92. The first-order valence-corrected chi connectivity index (χ1v) is 7.09. The van der Waals surface area contributed by atoms with Crippen LogP contribution in [0.25, 0.3) is 0 Å². The van der Waals surface area contributed by atoms with Crippen LogP contribution in [0.15, 0.2) is 18.2 Å². The quantitative estimate of drug-likeness (QED) is 0.886. The molecule has 1 aliphatic heterocycles. The van der Waals surface area contributed by atoms with Gasteiger partial charge in [-0.3, -0.25) is 0 Å². The molecule has 2 unspecified atom stereocenters. The average Bonchev–Trinajstić information content (AvgIpc) is 2.36. The van der Waals surface area contributed by atoms with Gasteiger partial charge in [0.2, 0.25) is 0 Å². The standard InChI is InChI=1S/C16H24FNO/c1-11(2)7-8-16(3)10-14(18-4)13-9-12(17)5-6-15(13)19-16/h5-6,9,11,14,18H,7-8,10H2,1-4H3. The predicted molar refractivity (Wildman–Crippen MR) is 75.9 cm³/mol. The van der Waals surface area contributed by atoms with Crippen LogP contribution in [-0.4, -0.2) is 12.6 Å². The molecule has 106 valence electrons. The van der Waals surface area contributed by atoms with Crippen molar-refractivity contribution in [2.24, 2.45) is 5.92 Å². The molecule has 1 N–H and O–H groups in total. The summed E-state index contributed by atoms with van der Waals surface area (Å²) >= 11 is 0. The van der Waals surface area contributed by atoms with Crippen LogP contribution in [-0.2, 0) is 0 Å². The Hall–Kier alpha value is -1.09. The van der Waals surface area contributed by atoms with Gasteiger partial charge in [-0.15, -0.1) is 0 Å². The largest absolute Gasteiger partial charge is 0.487 e. The Morgan fingerprint density at radius 3 is 2.84 bits per heavy atom. The molecular weight excluding hydrogens is 241 g/mol. The second-order valence-corrected chi connectivity index (χ2v) is 6.21. The van der Waals surface area contributed by atoms with E-state index >= 15 is 0 Å². The lowest BCUT2D eigenvalue weighted by Gasteiger charge is -2.40. The Bertz CT molecular complexity index is 446.